The van der Waals surface area contributed by atoms with Gasteiger partial charge in [-0.25, -0.2) is 9.78 Å². The lowest BCUT2D eigenvalue weighted by atomic mass is 10.0. The van der Waals surface area contributed by atoms with Gasteiger partial charge in [-0.2, -0.15) is 0 Å². The minimum absolute atomic E-state index is 0.416. The second kappa shape index (κ2) is 6.05. The number of aryl methyl sites for hydroxylation is 3. The van der Waals surface area contributed by atoms with E-state index in [0.717, 1.165) is 11.1 Å². The van der Waals surface area contributed by atoms with E-state index in [1.807, 2.05) is 19.9 Å². The van der Waals surface area contributed by atoms with Crippen LogP contribution in [0.3, 0.4) is 0 Å². The van der Waals surface area contributed by atoms with Crippen LogP contribution in [0.5, 0.6) is 0 Å². The molecule has 0 aliphatic carbocycles. The number of nitrogens with zero attached hydrogens (tertiary/aromatic N) is 1. The molecule has 6 heteroatoms. The number of carboxylic acids is 1. The van der Waals surface area contributed by atoms with Crippen molar-refractivity contribution in [2.24, 2.45) is 0 Å². The zero-order chi connectivity index (χ0) is 15.6. The van der Waals surface area contributed by atoms with Crippen molar-refractivity contribution in [3.05, 3.63) is 51.0 Å². The lowest BCUT2D eigenvalue weighted by Crippen LogP contribution is -2.33. The summed E-state index contributed by atoms with van der Waals surface area (Å²) in [5, 5.41) is 11.9. The van der Waals surface area contributed by atoms with E-state index in [-0.39, 0.29) is 0 Å². The van der Waals surface area contributed by atoms with Crippen LogP contribution in [0.15, 0.2) is 23.7 Å². The van der Waals surface area contributed by atoms with Crippen LogP contribution >= 0.6 is 11.3 Å². The molecule has 2 N–H and O–H groups in total. The predicted octanol–water partition coefficient (Wildman–Crippen LogP) is 2.62. The van der Waals surface area contributed by atoms with Gasteiger partial charge in [0, 0.05) is 0 Å². The summed E-state index contributed by atoms with van der Waals surface area (Å²) in [6, 6.07) is 4.29. The van der Waals surface area contributed by atoms with E-state index < -0.39 is 17.9 Å². The number of hydrogen-bond acceptors (Lipinski definition) is 4. The van der Waals surface area contributed by atoms with Crippen LogP contribution in [0.2, 0.25) is 0 Å². The fourth-order valence-electron chi connectivity index (χ4n) is 1.95. The molecule has 0 saturated heterocycles. The van der Waals surface area contributed by atoms with Crippen molar-refractivity contribution in [3.63, 3.8) is 0 Å². The monoisotopic (exact) mass is 304 g/mol. The van der Waals surface area contributed by atoms with Gasteiger partial charge in [0.1, 0.15) is 4.88 Å². The van der Waals surface area contributed by atoms with Gasteiger partial charge in [0.15, 0.2) is 6.04 Å². The van der Waals surface area contributed by atoms with E-state index in [9.17, 15) is 14.7 Å². The fraction of sp³-hybridized carbons (Fsp3) is 0.267. The maximum Gasteiger partial charge on any atom is 0.330 e. The summed E-state index contributed by atoms with van der Waals surface area (Å²) in [5.74, 6) is -1.51. The van der Waals surface area contributed by atoms with Crippen LogP contribution in [0.4, 0.5) is 0 Å². The molecule has 2 rings (SSSR count). The number of rotatable bonds is 4. The highest BCUT2D eigenvalue weighted by Gasteiger charge is 2.24. The summed E-state index contributed by atoms with van der Waals surface area (Å²) in [5.41, 5.74) is 4.79. The molecule has 0 bridgehead atoms. The molecule has 0 saturated carbocycles. The first kappa shape index (κ1) is 15.2. The highest BCUT2D eigenvalue weighted by Crippen LogP contribution is 2.19. The normalized spacial score (nSPS) is 12.0. The number of nitrogens with one attached hydrogen (secondary N) is 1. The van der Waals surface area contributed by atoms with Crippen LogP contribution in [0.1, 0.15) is 38.1 Å². The third-order valence-corrected chi connectivity index (χ3v) is 4.27. The molecule has 0 aliphatic rings. The van der Waals surface area contributed by atoms with Crippen molar-refractivity contribution in [1.29, 1.82) is 0 Å². The highest BCUT2D eigenvalue weighted by molar-refractivity contribution is 7.11. The SMILES string of the molecule is Cc1ccc(C(NC(=O)c2scnc2C)C(=O)O)cc1C. The van der Waals surface area contributed by atoms with Crippen LogP contribution in [-0.4, -0.2) is 22.0 Å². The van der Waals surface area contributed by atoms with E-state index in [2.05, 4.69) is 10.3 Å². The molecule has 2 aromatic rings. The molecule has 0 spiro atoms. The molecule has 21 heavy (non-hydrogen) atoms. The Labute approximate surface area is 126 Å². The Kier molecular flexibility index (Phi) is 4.37. The Morgan fingerprint density at radius 2 is 1.95 bits per heavy atom. The van der Waals surface area contributed by atoms with Crippen LogP contribution in [-0.2, 0) is 4.79 Å². The van der Waals surface area contributed by atoms with Gasteiger partial charge in [0.25, 0.3) is 5.91 Å². The molecule has 1 aromatic carbocycles. The summed E-state index contributed by atoms with van der Waals surface area (Å²) in [7, 11) is 0. The van der Waals surface area contributed by atoms with Gasteiger partial charge in [0.05, 0.1) is 11.2 Å². The third-order valence-electron chi connectivity index (χ3n) is 3.34. The summed E-state index contributed by atoms with van der Waals surface area (Å²) in [6.45, 7) is 5.58. The molecular weight excluding hydrogens is 288 g/mol. The van der Waals surface area contributed by atoms with Crippen LogP contribution in [0, 0.1) is 20.8 Å². The number of benzene rings is 1. The first-order valence-electron chi connectivity index (χ1n) is 6.41. The zero-order valence-electron chi connectivity index (χ0n) is 12.0. The highest BCUT2D eigenvalue weighted by atomic mass is 32.1. The molecule has 1 aromatic heterocycles. The molecule has 110 valence electrons. The van der Waals surface area contributed by atoms with Gasteiger partial charge >= 0.3 is 5.97 Å². The maximum absolute atomic E-state index is 12.2. The lowest BCUT2D eigenvalue weighted by Gasteiger charge is -2.16. The number of aliphatic carboxylic acids is 1. The second-order valence-electron chi connectivity index (χ2n) is 4.86. The van der Waals surface area contributed by atoms with Gasteiger partial charge < -0.3 is 10.4 Å². The largest absolute Gasteiger partial charge is 0.479 e. The summed E-state index contributed by atoms with van der Waals surface area (Å²) in [4.78, 5) is 28.1. The molecular formula is C15H16N2O3S. The molecule has 1 unspecified atom stereocenters. The smallest absolute Gasteiger partial charge is 0.330 e. The maximum atomic E-state index is 12.2. The zero-order valence-corrected chi connectivity index (χ0v) is 12.8. The van der Waals surface area contributed by atoms with Crippen LogP contribution < -0.4 is 5.32 Å². The number of carbonyl (C=O) groups excluding carboxylic acids is 1. The number of aromatic nitrogens is 1. The van der Waals surface area contributed by atoms with Crippen molar-refractivity contribution in [3.8, 4) is 0 Å². The number of hydrogen-bond donors (Lipinski definition) is 2. The van der Waals surface area contributed by atoms with Gasteiger partial charge in [-0.3, -0.25) is 4.79 Å². The summed E-state index contributed by atoms with van der Waals surface area (Å²) >= 11 is 1.20. The molecule has 1 heterocycles. The molecule has 0 fully saturated rings. The first-order valence-corrected chi connectivity index (χ1v) is 7.29. The van der Waals surface area contributed by atoms with Gasteiger partial charge in [0.2, 0.25) is 0 Å². The summed E-state index contributed by atoms with van der Waals surface area (Å²) in [6.07, 6.45) is 0. The molecule has 0 aliphatic heterocycles. The lowest BCUT2D eigenvalue weighted by molar-refractivity contribution is -0.139. The van der Waals surface area contributed by atoms with Crippen molar-refractivity contribution in [2.75, 3.05) is 0 Å². The topological polar surface area (TPSA) is 79.3 Å². The fourth-order valence-corrected chi connectivity index (χ4v) is 2.65. The molecule has 1 atom stereocenters. The van der Waals surface area contributed by atoms with E-state index in [1.165, 1.54) is 11.3 Å². The minimum Gasteiger partial charge on any atom is -0.479 e. The number of amides is 1. The molecule has 1 amide bonds. The standard InChI is InChI=1S/C15H16N2O3S/c1-8-4-5-11(6-9(8)2)12(15(19)20)17-14(18)13-10(3)16-7-21-13/h4-7,12H,1-3H3,(H,17,18)(H,19,20). The van der Waals surface area contributed by atoms with Crippen molar-refractivity contribution in [1.82, 2.24) is 10.3 Å². The van der Waals surface area contributed by atoms with E-state index in [0.29, 0.717) is 16.1 Å². The number of carbonyl (C=O) groups is 2. The quantitative estimate of drug-likeness (QED) is 0.910. The Hall–Kier alpha value is -2.21. The number of thiazole rings is 1. The average Bonchev–Trinajstić information content (AvgIpc) is 2.85. The second-order valence-corrected chi connectivity index (χ2v) is 5.71. The minimum atomic E-state index is -1.09. The van der Waals surface area contributed by atoms with Gasteiger partial charge in [-0.1, -0.05) is 18.2 Å². The Morgan fingerprint density at radius 1 is 1.24 bits per heavy atom. The Bertz CT molecular complexity index is 694. The number of carboxylic acid groups (broad SMARTS) is 1. The molecule has 5 nitrogen and oxygen atoms in total. The predicted molar refractivity (Wildman–Crippen MR) is 80.6 cm³/mol. The first-order chi connectivity index (χ1) is 9.90. The molecule has 0 radical (unpaired) electrons. The van der Waals surface area contributed by atoms with Gasteiger partial charge in [-0.05, 0) is 37.5 Å². The third kappa shape index (κ3) is 3.28. The Morgan fingerprint density at radius 3 is 2.48 bits per heavy atom. The van der Waals surface area contributed by atoms with E-state index in [4.69, 9.17) is 0 Å². The van der Waals surface area contributed by atoms with Crippen molar-refractivity contribution < 1.29 is 14.7 Å². The van der Waals surface area contributed by atoms with Crippen molar-refractivity contribution >= 4 is 23.2 Å². The van der Waals surface area contributed by atoms with Crippen LogP contribution in [0.25, 0.3) is 0 Å². The van der Waals surface area contributed by atoms with E-state index in [1.54, 1.807) is 24.6 Å². The van der Waals surface area contributed by atoms with E-state index >= 15 is 0 Å². The van der Waals surface area contributed by atoms with Crippen molar-refractivity contribution in [2.45, 2.75) is 26.8 Å². The van der Waals surface area contributed by atoms with Gasteiger partial charge in [-0.15, -0.1) is 11.3 Å². The Balaban J connectivity index is 2.28. The summed E-state index contributed by atoms with van der Waals surface area (Å²) < 4.78 is 0. The average molecular weight is 304 g/mol.